The molecule has 0 saturated carbocycles. The number of rotatable bonds is 5. The van der Waals surface area contributed by atoms with E-state index in [2.05, 4.69) is 10.6 Å². The van der Waals surface area contributed by atoms with E-state index in [1.807, 2.05) is 0 Å². The Kier molecular flexibility index (Phi) is 4.79. The highest BCUT2D eigenvalue weighted by Crippen LogP contribution is 2.25. The van der Waals surface area contributed by atoms with Gasteiger partial charge in [0.05, 0.1) is 14.2 Å². The van der Waals surface area contributed by atoms with Gasteiger partial charge < -0.3 is 25.2 Å². The van der Waals surface area contributed by atoms with Crippen LogP contribution in [0.4, 0.5) is 10.5 Å². The van der Waals surface area contributed by atoms with Crippen molar-refractivity contribution in [3.63, 3.8) is 0 Å². The van der Waals surface area contributed by atoms with Crippen LogP contribution >= 0.6 is 0 Å². The average Bonchev–Trinajstić information content (AvgIpc) is 2.35. The predicted octanol–water partition coefficient (Wildman–Crippen LogP) is 0.910. The summed E-state index contributed by atoms with van der Waals surface area (Å²) in [6.45, 7) is -0.451. The quantitative estimate of drug-likeness (QED) is 0.725. The SMILES string of the molecule is COc1cc(NC(=O)NCC(=O)O)cc(OC)c1. The lowest BCUT2D eigenvalue weighted by Crippen LogP contribution is -2.33. The van der Waals surface area contributed by atoms with Gasteiger partial charge in [0.1, 0.15) is 18.0 Å². The number of carboxylic acid groups (broad SMARTS) is 1. The third-order valence-electron chi connectivity index (χ3n) is 2.01. The second kappa shape index (κ2) is 6.33. The van der Waals surface area contributed by atoms with Crippen LogP contribution in [0, 0.1) is 0 Å². The topological polar surface area (TPSA) is 96.9 Å². The summed E-state index contributed by atoms with van der Waals surface area (Å²) in [6.07, 6.45) is 0. The van der Waals surface area contributed by atoms with E-state index in [1.54, 1.807) is 18.2 Å². The lowest BCUT2D eigenvalue weighted by Gasteiger charge is -2.10. The number of hydrogen-bond acceptors (Lipinski definition) is 4. The number of aliphatic carboxylic acids is 1. The van der Waals surface area contributed by atoms with Crippen LogP contribution in [-0.2, 0) is 4.79 Å². The molecule has 0 aliphatic heterocycles. The zero-order valence-corrected chi connectivity index (χ0v) is 10.0. The molecular weight excluding hydrogens is 240 g/mol. The minimum atomic E-state index is -1.12. The first-order valence-electron chi connectivity index (χ1n) is 5.05. The number of benzene rings is 1. The molecule has 0 radical (unpaired) electrons. The lowest BCUT2D eigenvalue weighted by molar-refractivity contribution is -0.135. The predicted molar refractivity (Wildman–Crippen MR) is 64.2 cm³/mol. The molecule has 3 N–H and O–H groups in total. The molecule has 0 aliphatic carbocycles. The van der Waals surface area contributed by atoms with E-state index in [0.717, 1.165) is 0 Å². The first-order valence-corrected chi connectivity index (χ1v) is 5.05. The number of nitrogens with one attached hydrogen (secondary N) is 2. The van der Waals surface area contributed by atoms with Crippen molar-refractivity contribution in [3.8, 4) is 11.5 Å². The largest absolute Gasteiger partial charge is 0.497 e. The Hall–Kier alpha value is -2.44. The number of methoxy groups -OCH3 is 2. The van der Waals surface area contributed by atoms with E-state index >= 15 is 0 Å². The van der Waals surface area contributed by atoms with Crippen molar-refractivity contribution in [2.45, 2.75) is 0 Å². The van der Waals surface area contributed by atoms with Gasteiger partial charge in [0.15, 0.2) is 0 Å². The summed E-state index contributed by atoms with van der Waals surface area (Å²) in [5, 5.41) is 13.1. The van der Waals surface area contributed by atoms with Gasteiger partial charge in [0.2, 0.25) is 0 Å². The van der Waals surface area contributed by atoms with E-state index in [9.17, 15) is 9.59 Å². The molecule has 1 rings (SSSR count). The Morgan fingerprint density at radius 2 is 1.72 bits per heavy atom. The molecule has 0 bridgehead atoms. The number of anilines is 1. The molecule has 7 heteroatoms. The molecule has 0 saturated heterocycles. The van der Waals surface area contributed by atoms with E-state index in [-0.39, 0.29) is 0 Å². The summed E-state index contributed by atoms with van der Waals surface area (Å²) in [7, 11) is 2.98. The number of carboxylic acids is 1. The third-order valence-corrected chi connectivity index (χ3v) is 2.01. The van der Waals surface area contributed by atoms with Crippen molar-refractivity contribution in [2.75, 3.05) is 26.1 Å². The Morgan fingerprint density at radius 3 is 2.17 bits per heavy atom. The maximum absolute atomic E-state index is 11.3. The Bertz CT molecular complexity index is 425. The van der Waals surface area contributed by atoms with Crippen LogP contribution in [0.3, 0.4) is 0 Å². The van der Waals surface area contributed by atoms with Crippen LogP contribution in [0.2, 0.25) is 0 Å². The van der Waals surface area contributed by atoms with Gasteiger partial charge in [0.25, 0.3) is 0 Å². The van der Waals surface area contributed by atoms with Crippen LogP contribution in [-0.4, -0.2) is 37.9 Å². The molecule has 0 spiro atoms. The van der Waals surface area contributed by atoms with Gasteiger partial charge in [-0.15, -0.1) is 0 Å². The molecule has 0 aliphatic rings. The van der Waals surface area contributed by atoms with Gasteiger partial charge in [-0.1, -0.05) is 0 Å². The van der Waals surface area contributed by atoms with E-state index in [1.165, 1.54) is 14.2 Å². The summed E-state index contributed by atoms with van der Waals surface area (Å²) >= 11 is 0. The van der Waals surface area contributed by atoms with Gasteiger partial charge in [-0.3, -0.25) is 4.79 Å². The molecule has 2 amide bonds. The fraction of sp³-hybridized carbons (Fsp3) is 0.273. The number of ether oxygens (including phenoxy) is 2. The molecule has 0 unspecified atom stereocenters. The molecular formula is C11H14N2O5. The van der Waals surface area contributed by atoms with Crippen molar-refractivity contribution in [1.29, 1.82) is 0 Å². The van der Waals surface area contributed by atoms with Crippen molar-refractivity contribution in [2.24, 2.45) is 0 Å². The molecule has 0 aromatic heterocycles. The second-order valence-corrected chi connectivity index (χ2v) is 3.30. The monoisotopic (exact) mass is 254 g/mol. The third kappa shape index (κ3) is 4.20. The maximum atomic E-state index is 11.3. The van der Waals surface area contributed by atoms with Gasteiger partial charge in [0, 0.05) is 23.9 Å². The zero-order chi connectivity index (χ0) is 13.5. The van der Waals surface area contributed by atoms with E-state index in [0.29, 0.717) is 17.2 Å². The number of amides is 2. The standard InChI is InChI=1S/C11H14N2O5/c1-17-8-3-7(4-9(5-8)18-2)13-11(16)12-6-10(14)15/h3-5H,6H2,1-2H3,(H,14,15)(H2,12,13,16). The fourth-order valence-corrected chi connectivity index (χ4v) is 1.21. The number of hydrogen-bond donors (Lipinski definition) is 3. The minimum absolute atomic E-state index is 0.439. The van der Waals surface area contributed by atoms with Gasteiger partial charge in [-0.25, -0.2) is 4.79 Å². The van der Waals surface area contributed by atoms with Crippen LogP contribution in [0.25, 0.3) is 0 Å². The highest BCUT2D eigenvalue weighted by Gasteiger charge is 2.06. The van der Waals surface area contributed by atoms with E-state index in [4.69, 9.17) is 14.6 Å². The molecule has 98 valence electrons. The first kappa shape index (κ1) is 13.6. The first-order chi connectivity index (χ1) is 8.55. The summed E-state index contributed by atoms with van der Waals surface area (Å²) in [5.41, 5.74) is 0.439. The van der Waals surface area contributed by atoms with Gasteiger partial charge >= 0.3 is 12.0 Å². The van der Waals surface area contributed by atoms with Crippen LogP contribution in [0.5, 0.6) is 11.5 Å². The van der Waals surface area contributed by atoms with E-state index < -0.39 is 18.5 Å². The second-order valence-electron chi connectivity index (χ2n) is 3.30. The van der Waals surface area contributed by atoms with Gasteiger partial charge in [-0.05, 0) is 0 Å². The molecule has 1 aromatic rings. The average molecular weight is 254 g/mol. The van der Waals surface area contributed by atoms with Crippen molar-refractivity contribution < 1.29 is 24.2 Å². The summed E-state index contributed by atoms with van der Waals surface area (Å²) in [4.78, 5) is 21.6. The highest BCUT2D eigenvalue weighted by molar-refractivity contribution is 5.91. The van der Waals surface area contributed by atoms with Crippen molar-refractivity contribution >= 4 is 17.7 Å². The fourth-order valence-electron chi connectivity index (χ4n) is 1.21. The van der Waals surface area contributed by atoms with Crippen LogP contribution in [0.1, 0.15) is 0 Å². The Balaban J connectivity index is 2.71. The molecule has 1 aromatic carbocycles. The molecule has 0 atom stereocenters. The molecule has 18 heavy (non-hydrogen) atoms. The number of carbonyl (C=O) groups excluding carboxylic acids is 1. The highest BCUT2D eigenvalue weighted by atomic mass is 16.5. The minimum Gasteiger partial charge on any atom is -0.497 e. The van der Waals surface area contributed by atoms with Crippen LogP contribution in [0.15, 0.2) is 18.2 Å². The molecule has 0 fully saturated rings. The zero-order valence-electron chi connectivity index (χ0n) is 10.0. The smallest absolute Gasteiger partial charge is 0.323 e. The number of urea groups is 1. The van der Waals surface area contributed by atoms with Crippen molar-refractivity contribution in [1.82, 2.24) is 5.32 Å². The molecule has 0 heterocycles. The summed E-state index contributed by atoms with van der Waals surface area (Å²) < 4.78 is 10.1. The van der Waals surface area contributed by atoms with Crippen molar-refractivity contribution in [3.05, 3.63) is 18.2 Å². The lowest BCUT2D eigenvalue weighted by atomic mass is 10.3. The molecule has 7 nitrogen and oxygen atoms in total. The summed E-state index contributed by atoms with van der Waals surface area (Å²) in [6, 6.07) is 4.21. The maximum Gasteiger partial charge on any atom is 0.323 e. The van der Waals surface area contributed by atoms with Gasteiger partial charge in [-0.2, -0.15) is 0 Å². The van der Waals surface area contributed by atoms with Crippen LogP contribution < -0.4 is 20.1 Å². The normalized spacial score (nSPS) is 9.44. The summed E-state index contributed by atoms with van der Waals surface area (Å²) in [5.74, 6) is -0.0841. The Labute approximate surface area is 104 Å². The number of carbonyl (C=O) groups is 2. The Morgan fingerprint density at radius 1 is 1.17 bits per heavy atom.